The van der Waals surface area contributed by atoms with Crippen molar-refractivity contribution >= 4 is 11.6 Å². The number of ether oxygens (including phenoxy) is 1. The number of methoxy groups -OCH3 is 1. The Morgan fingerprint density at radius 1 is 1.39 bits per heavy atom. The molecule has 0 heterocycles. The van der Waals surface area contributed by atoms with E-state index in [1.807, 2.05) is 0 Å². The van der Waals surface area contributed by atoms with E-state index in [1.165, 1.54) is 7.11 Å². The SMILES string of the molecule is CCCC(C)(C)NCc1cc(Cl)cc(OC)c1O. The standard InChI is InChI=1S/C14H22ClNO2/c1-5-6-14(2,3)16-9-10-7-11(15)8-12(18-4)13(10)17/h7-8,16-17H,5-6,9H2,1-4H3. The van der Waals surface area contributed by atoms with Crippen LogP contribution in [-0.2, 0) is 6.54 Å². The second-order valence-corrected chi connectivity index (χ2v) is 5.54. The van der Waals surface area contributed by atoms with E-state index in [4.69, 9.17) is 16.3 Å². The zero-order chi connectivity index (χ0) is 13.8. The normalized spacial score (nSPS) is 11.6. The van der Waals surface area contributed by atoms with E-state index in [2.05, 4.69) is 26.1 Å². The maximum Gasteiger partial charge on any atom is 0.162 e. The average Bonchev–Trinajstić information content (AvgIpc) is 2.29. The van der Waals surface area contributed by atoms with Crippen LogP contribution in [0, 0.1) is 0 Å². The number of rotatable bonds is 6. The van der Waals surface area contributed by atoms with Crippen molar-refractivity contribution in [1.82, 2.24) is 5.32 Å². The molecule has 0 aromatic heterocycles. The van der Waals surface area contributed by atoms with Crippen LogP contribution in [0.3, 0.4) is 0 Å². The zero-order valence-corrected chi connectivity index (χ0v) is 12.3. The summed E-state index contributed by atoms with van der Waals surface area (Å²) in [5.41, 5.74) is 0.792. The number of benzene rings is 1. The van der Waals surface area contributed by atoms with Crippen molar-refractivity contribution in [2.75, 3.05) is 7.11 Å². The quantitative estimate of drug-likeness (QED) is 0.828. The molecule has 2 N–H and O–H groups in total. The lowest BCUT2D eigenvalue weighted by atomic mass is 9.98. The first-order valence-corrected chi connectivity index (χ1v) is 6.58. The molecule has 0 atom stereocenters. The van der Waals surface area contributed by atoms with Crippen molar-refractivity contribution in [3.63, 3.8) is 0 Å². The third-order valence-electron chi connectivity index (χ3n) is 2.97. The van der Waals surface area contributed by atoms with Gasteiger partial charge in [0.15, 0.2) is 11.5 Å². The summed E-state index contributed by atoms with van der Waals surface area (Å²) >= 11 is 5.99. The summed E-state index contributed by atoms with van der Waals surface area (Å²) in [6.07, 6.45) is 2.19. The molecule has 0 spiro atoms. The fraction of sp³-hybridized carbons (Fsp3) is 0.571. The molecule has 0 saturated heterocycles. The maximum absolute atomic E-state index is 10.0. The second-order valence-electron chi connectivity index (χ2n) is 5.10. The molecule has 0 amide bonds. The first kappa shape index (κ1) is 15.1. The van der Waals surface area contributed by atoms with Gasteiger partial charge in [-0.05, 0) is 26.3 Å². The highest BCUT2D eigenvalue weighted by atomic mass is 35.5. The predicted molar refractivity (Wildman–Crippen MR) is 75.5 cm³/mol. The van der Waals surface area contributed by atoms with Gasteiger partial charge in [0.05, 0.1) is 7.11 Å². The van der Waals surface area contributed by atoms with E-state index in [9.17, 15) is 5.11 Å². The lowest BCUT2D eigenvalue weighted by molar-refractivity contribution is 0.345. The molecule has 0 aliphatic rings. The van der Waals surface area contributed by atoms with E-state index in [0.29, 0.717) is 17.3 Å². The second kappa shape index (κ2) is 6.30. The van der Waals surface area contributed by atoms with Crippen LogP contribution in [0.15, 0.2) is 12.1 Å². The van der Waals surface area contributed by atoms with Crippen molar-refractivity contribution in [3.8, 4) is 11.5 Å². The minimum Gasteiger partial charge on any atom is -0.504 e. The number of aromatic hydroxyl groups is 1. The molecule has 18 heavy (non-hydrogen) atoms. The third-order valence-corrected chi connectivity index (χ3v) is 3.19. The van der Waals surface area contributed by atoms with Gasteiger partial charge in [-0.2, -0.15) is 0 Å². The molecule has 0 aliphatic carbocycles. The van der Waals surface area contributed by atoms with Crippen molar-refractivity contribution in [2.24, 2.45) is 0 Å². The first-order valence-electron chi connectivity index (χ1n) is 6.20. The van der Waals surface area contributed by atoms with Gasteiger partial charge in [-0.25, -0.2) is 0 Å². The van der Waals surface area contributed by atoms with Crippen LogP contribution in [0.25, 0.3) is 0 Å². The lowest BCUT2D eigenvalue weighted by Crippen LogP contribution is -2.38. The zero-order valence-electron chi connectivity index (χ0n) is 11.5. The topological polar surface area (TPSA) is 41.5 Å². The summed E-state index contributed by atoms with van der Waals surface area (Å²) in [5.74, 6) is 0.564. The Labute approximate surface area is 114 Å². The molecule has 4 heteroatoms. The summed E-state index contributed by atoms with van der Waals surface area (Å²) in [5, 5.41) is 14.0. The summed E-state index contributed by atoms with van der Waals surface area (Å²) in [4.78, 5) is 0. The summed E-state index contributed by atoms with van der Waals surface area (Å²) in [7, 11) is 1.52. The third kappa shape index (κ3) is 4.07. The maximum atomic E-state index is 10.0. The van der Waals surface area contributed by atoms with E-state index < -0.39 is 0 Å². The molecule has 3 nitrogen and oxygen atoms in total. The largest absolute Gasteiger partial charge is 0.504 e. The molecule has 0 aliphatic heterocycles. The van der Waals surface area contributed by atoms with E-state index >= 15 is 0 Å². The van der Waals surface area contributed by atoms with E-state index in [-0.39, 0.29) is 11.3 Å². The highest BCUT2D eigenvalue weighted by molar-refractivity contribution is 6.30. The van der Waals surface area contributed by atoms with Crippen molar-refractivity contribution in [2.45, 2.75) is 45.7 Å². The molecule has 102 valence electrons. The molecule has 0 fully saturated rings. The van der Waals surface area contributed by atoms with Crippen LogP contribution in [0.2, 0.25) is 5.02 Å². The molecule has 0 bridgehead atoms. The van der Waals surface area contributed by atoms with E-state index in [1.54, 1.807) is 12.1 Å². The van der Waals surface area contributed by atoms with Gasteiger partial charge in [-0.3, -0.25) is 0 Å². The van der Waals surface area contributed by atoms with Crippen LogP contribution >= 0.6 is 11.6 Å². The Hall–Kier alpha value is -0.930. The Morgan fingerprint density at radius 2 is 2.06 bits per heavy atom. The van der Waals surface area contributed by atoms with Gasteiger partial charge >= 0.3 is 0 Å². The molecule has 0 radical (unpaired) electrons. The summed E-state index contributed by atoms with van der Waals surface area (Å²) in [6, 6.07) is 3.37. The number of hydrogen-bond donors (Lipinski definition) is 2. The van der Waals surface area contributed by atoms with Crippen LogP contribution < -0.4 is 10.1 Å². The number of hydrogen-bond acceptors (Lipinski definition) is 3. The molecular weight excluding hydrogens is 250 g/mol. The lowest BCUT2D eigenvalue weighted by Gasteiger charge is -2.26. The molecule has 0 saturated carbocycles. The minimum absolute atomic E-state index is 0.0384. The molecule has 1 aromatic carbocycles. The van der Waals surface area contributed by atoms with Crippen LogP contribution in [0.1, 0.15) is 39.2 Å². The van der Waals surface area contributed by atoms with Gasteiger partial charge in [0.2, 0.25) is 0 Å². The number of nitrogens with one attached hydrogen (secondary N) is 1. The molecular formula is C14H22ClNO2. The molecule has 1 aromatic rings. The Morgan fingerprint density at radius 3 is 2.61 bits per heavy atom. The summed E-state index contributed by atoms with van der Waals surface area (Å²) in [6.45, 7) is 7.02. The predicted octanol–water partition coefficient (Wildman–Crippen LogP) is 3.72. The minimum atomic E-state index is 0.0384. The molecule has 1 rings (SSSR count). The number of halogens is 1. The van der Waals surface area contributed by atoms with Crippen LogP contribution in [0.5, 0.6) is 11.5 Å². The van der Waals surface area contributed by atoms with Gasteiger partial charge in [-0.15, -0.1) is 0 Å². The van der Waals surface area contributed by atoms with Gasteiger partial charge < -0.3 is 15.2 Å². The van der Waals surface area contributed by atoms with Crippen molar-refractivity contribution < 1.29 is 9.84 Å². The monoisotopic (exact) mass is 271 g/mol. The van der Waals surface area contributed by atoms with Crippen molar-refractivity contribution in [1.29, 1.82) is 0 Å². The Bertz CT molecular complexity index is 405. The van der Waals surface area contributed by atoms with Gasteiger partial charge in [0, 0.05) is 28.7 Å². The highest BCUT2D eigenvalue weighted by Crippen LogP contribution is 2.33. The first-order chi connectivity index (χ1) is 8.39. The van der Waals surface area contributed by atoms with Crippen LogP contribution in [0.4, 0.5) is 0 Å². The van der Waals surface area contributed by atoms with Crippen molar-refractivity contribution in [3.05, 3.63) is 22.7 Å². The number of phenolic OH excluding ortho intramolecular Hbond substituents is 1. The average molecular weight is 272 g/mol. The highest BCUT2D eigenvalue weighted by Gasteiger charge is 2.17. The van der Waals surface area contributed by atoms with Gasteiger partial charge in [0.25, 0.3) is 0 Å². The molecule has 0 unspecified atom stereocenters. The fourth-order valence-electron chi connectivity index (χ4n) is 1.97. The van der Waals surface area contributed by atoms with Gasteiger partial charge in [0.1, 0.15) is 0 Å². The summed E-state index contributed by atoms with van der Waals surface area (Å²) < 4.78 is 5.08. The van der Waals surface area contributed by atoms with Crippen LogP contribution in [-0.4, -0.2) is 17.8 Å². The smallest absolute Gasteiger partial charge is 0.162 e. The number of phenols is 1. The Kier molecular flexibility index (Phi) is 5.29. The van der Waals surface area contributed by atoms with E-state index in [0.717, 1.165) is 18.4 Å². The van der Waals surface area contributed by atoms with Gasteiger partial charge in [-0.1, -0.05) is 24.9 Å². The Balaban J connectivity index is 2.82. The fourth-order valence-corrected chi connectivity index (χ4v) is 2.20.